The second-order valence-electron chi connectivity index (χ2n) is 6.04. The van der Waals surface area contributed by atoms with Gasteiger partial charge in [0.1, 0.15) is 4.21 Å². The highest BCUT2D eigenvalue weighted by molar-refractivity contribution is 7.91. The van der Waals surface area contributed by atoms with Crippen molar-refractivity contribution in [2.75, 3.05) is 26.2 Å². The van der Waals surface area contributed by atoms with Gasteiger partial charge in [-0.3, -0.25) is 4.90 Å². The molecule has 23 heavy (non-hydrogen) atoms. The molecule has 0 N–H and O–H groups in total. The van der Waals surface area contributed by atoms with E-state index in [0.717, 1.165) is 19.6 Å². The van der Waals surface area contributed by atoms with E-state index in [9.17, 15) is 8.42 Å². The van der Waals surface area contributed by atoms with Gasteiger partial charge in [0.2, 0.25) is 0 Å². The minimum atomic E-state index is -3.30. The first-order chi connectivity index (χ1) is 11.0. The van der Waals surface area contributed by atoms with Crippen molar-refractivity contribution in [2.24, 2.45) is 0 Å². The zero-order valence-electron chi connectivity index (χ0n) is 13.5. The Kier molecular flexibility index (Phi) is 4.87. The van der Waals surface area contributed by atoms with Crippen molar-refractivity contribution in [2.45, 2.75) is 24.6 Å². The third-order valence-electron chi connectivity index (χ3n) is 4.32. The lowest BCUT2D eigenvalue weighted by molar-refractivity contribution is 0.181. The summed E-state index contributed by atoms with van der Waals surface area (Å²) in [7, 11) is -3.30. The molecule has 124 valence electrons. The molecule has 2 aromatic rings. The van der Waals surface area contributed by atoms with Gasteiger partial charge in [-0.15, -0.1) is 11.3 Å². The summed E-state index contributed by atoms with van der Waals surface area (Å²) in [4.78, 5) is 2.34. The molecule has 0 atom stereocenters. The highest BCUT2D eigenvalue weighted by Crippen LogP contribution is 2.22. The third kappa shape index (κ3) is 3.66. The average Bonchev–Trinajstić information content (AvgIpc) is 3.07. The minimum Gasteiger partial charge on any atom is -0.296 e. The van der Waals surface area contributed by atoms with E-state index in [4.69, 9.17) is 0 Å². The Morgan fingerprint density at radius 3 is 2.48 bits per heavy atom. The number of piperazine rings is 1. The van der Waals surface area contributed by atoms with Crippen LogP contribution in [0.3, 0.4) is 0 Å². The fourth-order valence-electron chi connectivity index (χ4n) is 2.88. The van der Waals surface area contributed by atoms with E-state index in [1.54, 1.807) is 16.4 Å². The van der Waals surface area contributed by atoms with Gasteiger partial charge in [-0.2, -0.15) is 4.31 Å². The van der Waals surface area contributed by atoms with Gasteiger partial charge >= 0.3 is 0 Å². The first-order valence-electron chi connectivity index (χ1n) is 7.79. The lowest BCUT2D eigenvalue weighted by atomic mass is 10.1. The second kappa shape index (κ2) is 6.73. The largest absolute Gasteiger partial charge is 0.296 e. The van der Waals surface area contributed by atoms with Crippen LogP contribution in [0.4, 0.5) is 0 Å². The van der Waals surface area contributed by atoms with Crippen LogP contribution in [0.5, 0.6) is 0 Å². The van der Waals surface area contributed by atoms with Crippen molar-refractivity contribution in [1.82, 2.24) is 9.21 Å². The lowest BCUT2D eigenvalue weighted by Gasteiger charge is -2.34. The summed E-state index contributed by atoms with van der Waals surface area (Å²) in [5, 5.41) is 1.81. The highest BCUT2D eigenvalue weighted by atomic mass is 32.2. The summed E-state index contributed by atoms with van der Waals surface area (Å²) in [6.45, 7) is 7.80. The Labute approximate surface area is 142 Å². The maximum Gasteiger partial charge on any atom is 0.252 e. The normalized spacial score (nSPS) is 17.5. The number of thiophene rings is 1. The molecule has 0 unspecified atom stereocenters. The van der Waals surface area contributed by atoms with Gasteiger partial charge in [-0.1, -0.05) is 29.8 Å². The third-order valence-corrected chi connectivity index (χ3v) is 7.59. The van der Waals surface area contributed by atoms with Crippen molar-refractivity contribution >= 4 is 21.4 Å². The predicted molar refractivity (Wildman–Crippen MR) is 94.3 cm³/mol. The van der Waals surface area contributed by atoms with E-state index in [0.29, 0.717) is 17.3 Å². The second-order valence-corrected chi connectivity index (χ2v) is 9.15. The number of aryl methyl sites for hydroxylation is 2. The molecule has 1 aliphatic rings. The van der Waals surface area contributed by atoms with Gasteiger partial charge in [0.25, 0.3) is 10.0 Å². The number of nitrogens with zero attached hydrogens (tertiary/aromatic N) is 2. The van der Waals surface area contributed by atoms with Crippen molar-refractivity contribution < 1.29 is 8.42 Å². The molecule has 0 aliphatic carbocycles. The van der Waals surface area contributed by atoms with Crippen LogP contribution in [-0.4, -0.2) is 43.8 Å². The molecule has 0 radical (unpaired) electrons. The molecule has 1 fully saturated rings. The summed E-state index contributed by atoms with van der Waals surface area (Å²) in [5.74, 6) is 0. The molecule has 1 saturated heterocycles. The molecular weight excluding hydrogens is 328 g/mol. The maximum absolute atomic E-state index is 12.5. The average molecular weight is 351 g/mol. The molecule has 0 amide bonds. The predicted octanol–water partition coefficient (Wildman–Crippen LogP) is 2.87. The van der Waals surface area contributed by atoms with Gasteiger partial charge in [0.15, 0.2) is 0 Å². The molecule has 0 bridgehead atoms. The number of hydrogen-bond donors (Lipinski definition) is 0. The Bertz CT molecular complexity index is 762. The fraction of sp³-hybridized carbons (Fsp3) is 0.412. The first-order valence-corrected chi connectivity index (χ1v) is 10.1. The van der Waals surface area contributed by atoms with Crippen molar-refractivity contribution in [1.29, 1.82) is 0 Å². The summed E-state index contributed by atoms with van der Waals surface area (Å²) in [6, 6.07) is 9.98. The van der Waals surface area contributed by atoms with Crippen molar-refractivity contribution in [3.05, 3.63) is 52.4 Å². The van der Waals surface area contributed by atoms with E-state index in [-0.39, 0.29) is 0 Å². The van der Waals surface area contributed by atoms with Crippen LogP contribution in [0.15, 0.2) is 39.9 Å². The summed E-state index contributed by atoms with van der Waals surface area (Å²) in [5.41, 5.74) is 3.90. The van der Waals surface area contributed by atoms with Crippen LogP contribution in [0.1, 0.15) is 16.7 Å². The minimum absolute atomic E-state index is 0.445. The molecule has 1 aromatic heterocycles. The van der Waals surface area contributed by atoms with Crippen molar-refractivity contribution in [3.8, 4) is 0 Å². The van der Waals surface area contributed by atoms with E-state index in [1.807, 2.05) is 5.38 Å². The Morgan fingerprint density at radius 2 is 1.83 bits per heavy atom. The van der Waals surface area contributed by atoms with Gasteiger partial charge in [-0.25, -0.2) is 8.42 Å². The fourth-order valence-corrected chi connectivity index (χ4v) is 5.44. The number of hydrogen-bond acceptors (Lipinski definition) is 4. The van der Waals surface area contributed by atoms with Gasteiger partial charge in [-0.05, 0) is 36.4 Å². The molecular formula is C17H22N2O2S2. The summed E-state index contributed by atoms with van der Waals surface area (Å²) in [6.07, 6.45) is 0. The molecule has 4 nitrogen and oxygen atoms in total. The SMILES string of the molecule is Cc1ccc(C)c(CN2CCN(S(=O)(=O)c3cccs3)CC2)c1. The number of rotatable bonds is 4. The van der Waals surface area contributed by atoms with Crippen LogP contribution in [0.2, 0.25) is 0 Å². The smallest absolute Gasteiger partial charge is 0.252 e. The van der Waals surface area contributed by atoms with E-state index >= 15 is 0 Å². The molecule has 6 heteroatoms. The topological polar surface area (TPSA) is 40.6 Å². The Balaban J connectivity index is 1.64. The Morgan fingerprint density at radius 1 is 1.09 bits per heavy atom. The van der Waals surface area contributed by atoms with Gasteiger partial charge < -0.3 is 0 Å². The molecule has 0 saturated carbocycles. The van der Waals surface area contributed by atoms with Gasteiger partial charge in [0.05, 0.1) is 0 Å². The van der Waals surface area contributed by atoms with Crippen LogP contribution in [0.25, 0.3) is 0 Å². The lowest BCUT2D eigenvalue weighted by Crippen LogP contribution is -2.48. The van der Waals surface area contributed by atoms with Crippen molar-refractivity contribution in [3.63, 3.8) is 0 Å². The van der Waals surface area contributed by atoms with E-state index in [2.05, 4.69) is 36.9 Å². The highest BCUT2D eigenvalue weighted by Gasteiger charge is 2.29. The zero-order valence-corrected chi connectivity index (χ0v) is 15.2. The maximum atomic E-state index is 12.5. The summed E-state index contributed by atoms with van der Waals surface area (Å²) < 4.78 is 27.1. The molecule has 0 spiro atoms. The number of benzene rings is 1. The molecule has 2 heterocycles. The summed E-state index contributed by atoms with van der Waals surface area (Å²) >= 11 is 1.29. The van der Waals surface area contributed by atoms with Crippen LogP contribution < -0.4 is 0 Å². The van der Waals surface area contributed by atoms with E-state index < -0.39 is 10.0 Å². The zero-order chi connectivity index (χ0) is 16.4. The van der Waals surface area contributed by atoms with Gasteiger partial charge in [0, 0.05) is 32.7 Å². The van der Waals surface area contributed by atoms with E-state index in [1.165, 1.54) is 28.0 Å². The van der Waals surface area contributed by atoms with Crippen LogP contribution in [-0.2, 0) is 16.6 Å². The van der Waals surface area contributed by atoms with Crippen LogP contribution in [0, 0.1) is 13.8 Å². The Hall–Kier alpha value is -1.21. The molecule has 1 aliphatic heterocycles. The monoisotopic (exact) mass is 350 g/mol. The molecule has 3 rings (SSSR count). The van der Waals surface area contributed by atoms with Crippen LogP contribution >= 0.6 is 11.3 Å². The quantitative estimate of drug-likeness (QED) is 0.851. The number of sulfonamides is 1. The standard InChI is InChI=1S/C17H22N2O2S2/c1-14-5-6-15(2)16(12-14)13-18-7-9-19(10-8-18)23(20,21)17-4-3-11-22-17/h3-6,11-12H,7-10,13H2,1-2H3. The first kappa shape index (κ1) is 16.6. The molecule has 1 aromatic carbocycles.